The van der Waals surface area contributed by atoms with Crippen LogP contribution in [0.4, 0.5) is 5.82 Å². The molecule has 1 N–H and O–H groups in total. The van der Waals surface area contributed by atoms with E-state index in [9.17, 15) is 14.4 Å². The van der Waals surface area contributed by atoms with Gasteiger partial charge in [-0.2, -0.15) is 0 Å². The topological polar surface area (TPSA) is 104 Å². The number of hydrogen-bond donors (Lipinski definition) is 1. The van der Waals surface area contributed by atoms with Gasteiger partial charge in [-0.1, -0.05) is 39.5 Å². The number of unbranched alkanes of at least 4 members (excludes halogenated alkanes) is 4. The number of hydrogen-bond acceptors (Lipinski definition) is 8. The zero-order valence-electron chi connectivity index (χ0n) is 22.0. The summed E-state index contributed by atoms with van der Waals surface area (Å²) < 4.78 is 13.5. The van der Waals surface area contributed by atoms with E-state index in [4.69, 9.17) is 9.47 Å². The number of nitrogens with zero attached hydrogens (tertiary/aromatic N) is 3. The van der Waals surface area contributed by atoms with Gasteiger partial charge in [-0.25, -0.2) is 9.48 Å². The van der Waals surface area contributed by atoms with Crippen LogP contribution in [0.15, 0.2) is 38.8 Å². The molecule has 0 spiro atoms. The van der Waals surface area contributed by atoms with Gasteiger partial charge in [0, 0.05) is 36.7 Å². The van der Waals surface area contributed by atoms with E-state index in [1.165, 1.54) is 9.25 Å². The van der Waals surface area contributed by atoms with Crippen LogP contribution in [0, 0.1) is 0 Å². The molecule has 0 radical (unpaired) electrons. The van der Waals surface area contributed by atoms with Crippen LogP contribution in [-0.4, -0.2) is 45.3 Å². The van der Waals surface area contributed by atoms with Crippen LogP contribution in [-0.2, 0) is 23.1 Å². The Labute approximate surface area is 217 Å². The number of carbonyl (C=O) groups excluding carboxylic acids is 1. The highest BCUT2D eigenvalue weighted by Gasteiger charge is 2.11. The molecule has 10 heteroatoms. The Hall–Kier alpha value is -2.75. The largest absolute Gasteiger partial charge is 0.494 e. The number of carbonyl (C=O) groups is 1. The van der Waals surface area contributed by atoms with E-state index in [2.05, 4.69) is 17.3 Å². The Morgan fingerprint density at radius 1 is 1.08 bits per heavy atom. The van der Waals surface area contributed by atoms with Gasteiger partial charge in [0.05, 0.1) is 6.61 Å². The summed E-state index contributed by atoms with van der Waals surface area (Å²) in [6, 6.07) is 7.79. The van der Waals surface area contributed by atoms with Crippen molar-refractivity contribution in [3.63, 3.8) is 0 Å². The standard InChI is InChI=1S/C26H40N4O5S/c1-5-7-8-9-10-17-30-25(32)24(28-29(4)26(30)33)27-16-11-18-34-21-12-14-22(15-13-21)36-20(3)19-35-23(31)6-2/h12-15,20H,5-11,16-19H2,1-4H3,(H,27,28). The first kappa shape index (κ1) is 29.5. The van der Waals surface area contributed by atoms with Gasteiger partial charge in [0.25, 0.3) is 5.56 Å². The molecule has 0 aliphatic carbocycles. The highest BCUT2D eigenvalue weighted by atomic mass is 32.2. The Bertz CT molecular complexity index is 1050. The molecule has 0 aliphatic heterocycles. The molecule has 0 aliphatic rings. The number of aromatic nitrogens is 3. The molecule has 0 amide bonds. The lowest BCUT2D eigenvalue weighted by Crippen LogP contribution is -2.42. The number of anilines is 1. The lowest BCUT2D eigenvalue weighted by molar-refractivity contribution is -0.143. The van der Waals surface area contributed by atoms with E-state index in [1.54, 1.807) is 25.7 Å². The summed E-state index contributed by atoms with van der Waals surface area (Å²) in [6.07, 6.45) is 6.28. The van der Waals surface area contributed by atoms with Crippen molar-refractivity contribution in [1.82, 2.24) is 14.3 Å². The van der Waals surface area contributed by atoms with Crippen molar-refractivity contribution in [2.45, 2.75) is 82.4 Å². The number of esters is 1. The van der Waals surface area contributed by atoms with Crippen LogP contribution in [0.1, 0.15) is 65.7 Å². The van der Waals surface area contributed by atoms with Crippen molar-refractivity contribution in [3.8, 4) is 5.75 Å². The maximum absolute atomic E-state index is 12.7. The molecule has 1 unspecified atom stereocenters. The van der Waals surface area contributed by atoms with Crippen molar-refractivity contribution in [1.29, 1.82) is 0 Å². The normalized spacial score (nSPS) is 11.8. The van der Waals surface area contributed by atoms with Crippen molar-refractivity contribution >= 4 is 23.5 Å². The van der Waals surface area contributed by atoms with Crippen molar-refractivity contribution in [2.75, 3.05) is 25.1 Å². The van der Waals surface area contributed by atoms with Crippen LogP contribution in [0.2, 0.25) is 0 Å². The summed E-state index contributed by atoms with van der Waals surface area (Å²) in [5.74, 6) is 0.761. The molecule has 0 fully saturated rings. The molecule has 0 saturated heterocycles. The molecule has 0 bridgehead atoms. The number of ether oxygens (including phenoxy) is 2. The monoisotopic (exact) mass is 520 g/mol. The predicted octanol–water partition coefficient (Wildman–Crippen LogP) is 4.23. The van der Waals surface area contributed by atoms with Crippen LogP contribution < -0.4 is 21.3 Å². The number of thioether (sulfide) groups is 1. The average Bonchev–Trinajstić information content (AvgIpc) is 2.87. The molecule has 1 aromatic carbocycles. The first-order valence-electron chi connectivity index (χ1n) is 12.8. The van der Waals surface area contributed by atoms with Gasteiger partial charge in [0.1, 0.15) is 12.4 Å². The summed E-state index contributed by atoms with van der Waals surface area (Å²) in [5.41, 5.74) is -0.761. The lowest BCUT2D eigenvalue weighted by Gasteiger charge is -2.12. The Morgan fingerprint density at radius 2 is 1.81 bits per heavy atom. The van der Waals surface area contributed by atoms with Crippen molar-refractivity contribution in [2.24, 2.45) is 7.05 Å². The van der Waals surface area contributed by atoms with E-state index in [0.717, 1.165) is 42.7 Å². The van der Waals surface area contributed by atoms with Crippen LogP contribution in [0.25, 0.3) is 0 Å². The van der Waals surface area contributed by atoms with E-state index in [0.29, 0.717) is 39.1 Å². The van der Waals surface area contributed by atoms with Crippen LogP contribution in [0.5, 0.6) is 5.75 Å². The fourth-order valence-electron chi connectivity index (χ4n) is 3.47. The highest BCUT2D eigenvalue weighted by molar-refractivity contribution is 8.00. The van der Waals surface area contributed by atoms with Gasteiger partial charge in [0.2, 0.25) is 5.82 Å². The second kappa shape index (κ2) is 16.1. The van der Waals surface area contributed by atoms with Gasteiger partial charge in [-0.15, -0.1) is 16.9 Å². The molecular weight excluding hydrogens is 480 g/mol. The summed E-state index contributed by atoms with van der Waals surface area (Å²) >= 11 is 1.64. The first-order chi connectivity index (χ1) is 17.3. The van der Waals surface area contributed by atoms with Gasteiger partial charge < -0.3 is 14.8 Å². The van der Waals surface area contributed by atoms with Gasteiger partial charge in [0.15, 0.2) is 0 Å². The fourth-order valence-corrected chi connectivity index (χ4v) is 4.36. The minimum Gasteiger partial charge on any atom is -0.494 e. The van der Waals surface area contributed by atoms with Crippen LogP contribution in [0.3, 0.4) is 0 Å². The Balaban J connectivity index is 1.76. The second-order valence-corrected chi connectivity index (χ2v) is 10.2. The third kappa shape index (κ3) is 10.1. The van der Waals surface area contributed by atoms with E-state index < -0.39 is 0 Å². The van der Waals surface area contributed by atoms with E-state index >= 15 is 0 Å². The minimum absolute atomic E-state index is 0.162. The summed E-state index contributed by atoms with van der Waals surface area (Å²) in [7, 11) is 1.56. The van der Waals surface area contributed by atoms with Gasteiger partial charge in [-0.3, -0.25) is 14.2 Å². The first-order valence-corrected chi connectivity index (χ1v) is 13.7. The summed E-state index contributed by atoms with van der Waals surface area (Å²) in [5, 5.41) is 7.31. The number of nitrogens with one attached hydrogen (secondary N) is 1. The van der Waals surface area contributed by atoms with E-state index in [1.807, 2.05) is 31.2 Å². The van der Waals surface area contributed by atoms with Gasteiger partial charge >= 0.3 is 11.7 Å². The van der Waals surface area contributed by atoms with E-state index in [-0.39, 0.29) is 28.3 Å². The molecule has 36 heavy (non-hydrogen) atoms. The number of benzene rings is 1. The highest BCUT2D eigenvalue weighted by Crippen LogP contribution is 2.25. The molecule has 9 nitrogen and oxygen atoms in total. The molecule has 2 aromatic rings. The predicted molar refractivity (Wildman–Crippen MR) is 144 cm³/mol. The zero-order chi connectivity index (χ0) is 26.3. The third-order valence-corrected chi connectivity index (χ3v) is 6.58. The summed E-state index contributed by atoms with van der Waals surface area (Å²) in [6.45, 7) is 7.72. The molecule has 1 heterocycles. The smallest absolute Gasteiger partial charge is 0.347 e. The Morgan fingerprint density at radius 3 is 2.50 bits per heavy atom. The molecule has 0 saturated carbocycles. The van der Waals surface area contributed by atoms with Crippen molar-refractivity contribution < 1.29 is 14.3 Å². The lowest BCUT2D eigenvalue weighted by atomic mass is 10.1. The zero-order valence-corrected chi connectivity index (χ0v) is 22.8. The molecular formula is C26H40N4O5S. The maximum atomic E-state index is 12.7. The minimum atomic E-state index is -0.387. The SMILES string of the molecule is CCCCCCCn1c(=O)c(NCCCOc2ccc(SC(C)COC(=O)CC)cc2)nn(C)c1=O. The molecule has 1 aromatic heterocycles. The summed E-state index contributed by atoms with van der Waals surface area (Å²) in [4.78, 5) is 37.4. The average molecular weight is 521 g/mol. The molecule has 1 atom stereocenters. The maximum Gasteiger partial charge on any atom is 0.347 e. The third-order valence-electron chi connectivity index (χ3n) is 5.50. The molecule has 2 rings (SSSR count). The van der Waals surface area contributed by atoms with Gasteiger partial charge in [-0.05, 0) is 44.0 Å². The van der Waals surface area contributed by atoms with Crippen LogP contribution >= 0.6 is 11.8 Å². The quantitative estimate of drug-likeness (QED) is 0.188. The van der Waals surface area contributed by atoms with Crippen molar-refractivity contribution in [3.05, 3.63) is 45.1 Å². The molecule has 200 valence electrons. The Kier molecular flexibility index (Phi) is 13.2. The second-order valence-electron chi connectivity index (χ2n) is 8.69. The number of rotatable bonds is 17. The fraction of sp³-hybridized carbons (Fsp3) is 0.615. The number of aryl methyl sites for hydroxylation is 1.